The van der Waals surface area contributed by atoms with Crippen LogP contribution in [0.15, 0.2) is 48.6 Å². The van der Waals surface area contributed by atoms with Crippen LogP contribution in [0.3, 0.4) is 0 Å². The SMILES string of the molecule is CC/C=C\C/C=C\C/C=C\CCCCCC(=O)OC(COC(=O)CCCCCCCCCCCCCC)COC(=O)CCCCCCCCCCCCCCC/C=C\CCCCCCCCCC. The van der Waals surface area contributed by atoms with Crippen molar-refractivity contribution in [2.75, 3.05) is 13.2 Å². The number of carbonyl (C=O) groups is 3. The van der Waals surface area contributed by atoms with Gasteiger partial charge in [0.15, 0.2) is 6.10 Å². The predicted octanol–water partition coefficient (Wildman–Crippen LogP) is 19.8. The van der Waals surface area contributed by atoms with Crippen LogP contribution in [0.2, 0.25) is 0 Å². The van der Waals surface area contributed by atoms with E-state index < -0.39 is 6.10 Å². The van der Waals surface area contributed by atoms with Gasteiger partial charge in [-0.1, -0.05) is 262 Å². The van der Waals surface area contributed by atoms with Gasteiger partial charge in [-0.3, -0.25) is 14.4 Å². The van der Waals surface area contributed by atoms with Crippen molar-refractivity contribution in [3.05, 3.63) is 48.6 Å². The smallest absolute Gasteiger partial charge is 0.306 e. The van der Waals surface area contributed by atoms with Crippen molar-refractivity contribution in [2.45, 2.75) is 316 Å². The van der Waals surface area contributed by atoms with E-state index in [2.05, 4.69) is 69.4 Å². The molecular weight excluding hydrogens is 841 g/mol. The summed E-state index contributed by atoms with van der Waals surface area (Å²) >= 11 is 0. The minimum Gasteiger partial charge on any atom is -0.462 e. The van der Waals surface area contributed by atoms with E-state index in [-0.39, 0.29) is 31.1 Å². The first kappa shape index (κ1) is 65.4. The molecule has 68 heavy (non-hydrogen) atoms. The Kier molecular flexibility index (Phi) is 54.8. The van der Waals surface area contributed by atoms with Crippen molar-refractivity contribution in [3.63, 3.8) is 0 Å². The molecule has 0 aromatic rings. The summed E-state index contributed by atoms with van der Waals surface area (Å²) in [4.78, 5) is 38.1. The molecule has 1 unspecified atom stereocenters. The van der Waals surface area contributed by atoms with E-state index in [4.69, 9.17) is 14.2 Å². The molecule has 0 radical (unpaired) electrons. The van der Waals surface area contributed by atoms with Crippen LogP contribution in [0.5, 0.6) is 0 Å². The highest BCUT2D eigenvalue weighted by molar-refractivity contribution is 5.71. The fourth-order valence-corrected chi connectivity index (χ4v) is 8.63. The van der Waals surface area contributed by atoms with Crippen molar-refractivity contribution in [2.24, 2.45) is 0 Å². The molecule has 0 aliphatic rings. The van der Waals surface area contributed by atoms with Gasteiger partial charge in [0.1, 0.15) is 13.2 Å². The summed E-state index contributed by atoms with van der Waals surface area (Å²) in [5, 5.41) is 0. The lowest BCUT2D eigenvalue weighted by Gasteiger charge is -2.18. The fraction of sp³-hybridized carbons (Fsp3) is 0.823. The number of ether oxygens (including phenoxy) is 3. The van der Waals surface area contributed by atoms with Crippen molar-refractivity contribution in [3.8, 4) is 0 Å². The first-order valence-corrected chi connectivity index (χ1v) is 29.6. The number of carbonyl (C=O) groups excluding carboxylic acids is 3. The van der Waals surface area contributed by atoms with E-state index in [1.165, 1.54) is 186 Å². The molecular formula is C62H112O6. The average Bonchev–Trinajstić information content (AvgIpc) is 3.34. The van der Waals surface area contributed by atoms with Gasteiger partial charge < -0.3 is 14.2 Å². The Morgan fingerprint density at radius 3 is 0.926 bits per heavy atom. The molecule has 0 aliphatic carbocycles. The minimum atomic E-state index is -0.785. The van der Waals surface area contributed by atoms with E-state index in [0.29, 0.717) is 19.3 Å². The van der Waals surface area contributed by atoms with Gasteiger partial charge in [0.2, 0.25) is 0 Å². The maximum atomic E-state index is 12.8. The van der Waals surface area contributed by atoms with Crippen molar-refractivity contribution >= 4 is 17.9 Å². The summed E-state index contributed by atoms with van der Waals surface area (Å²) in [5.41, 5.74) is 0. The number of hydrogen-bond acceptors (Lipinski definition) is 6. The van der Waals surface area contributed by atoms with E-state index in [1.807, 2.05) is 0 Å². The van der Waals surface area contributed by atoms with Crippen LogP contribution in [0.1, 0.15) is 310 Å². The quantitative estimate of drug-likeness (QED) is 0.0262. The zero-order chi connectivity index (χ0) is 49.3. The summed E-state index contributed by atoms with van der Waals surface area (Å²) < 4.78 is 16.8. The minimum absolute atomic E-state index is 0.0818. The molecule has 0 rings (SSSR count). The first-order chi connectivity index (χ1) is 33.5. The molecule has 0 aliphatic heterocycles. The molecule has 0 N–H and O–H groups in total. The monoisotopic (exact) mass is 953 g/mol. The predicted molar refractivity (Wildman–Crippen MR) is 293 cm³/mol. The number of hydrogen-bond donors (Lipinski definition) is 0. The standard InChI is InChI=1S/C62H112O6/c1-4-7-10-13-16-19-22-25-26-27-28-29-30-31-32-33-34-35-36-38-40-43-46-49-52-55-61(64)67-58-59(57-66-60(63)54-51-48-45-42-39-24-21-18-15-12-9-6-3)68-62(65)56-53-50-47-44-41-37-23-20-17-14-11-8-5-2/h8,11,17,20,27-28,37,41,59H,4-7,9-10,12-16,18-19,21-26,29-36,38-40,42-58H2,1-3H3/b11-8-,20-17-,28-27-,41-37-. The Labute approximate surface area is 422 Å². The summed E-state index contributed by atoms with van der Waals surface area (Å²) in [6, 6.07) is 0. The maximum absolute atomic E-state index is 12.8. The first-order valence-electron chi connectivity index (χ1n) is 29.6. The van der Waals surface area contributed by atoms with Crippen LogP contribution in [0, 0.1) is 0 Å². The summed E-state index contributed by atoms with van der Waals surface area (Å²) in [6.45, 7) is 6.53. The number of allylic oxidation sites excluding steroid dienone is 8. The number of esters is 3. The van der Waals surface area contributed by atoms with Crippen LogP contribution < -0.4 is 0 Å². The third-order valence-corrected chi connectivity index (χ3v) is 13.1. The molecule has 0 aromatic heterocycles. The second kappa shape index (κ2) is 57.0. The van der Waals surface area contributed by atoms with Gasteiger partial charge >= 0.3 is 17.9 Å². The lowest BCUT2D eigenvalue weighted by atomic mass is 10.0. The van der Waals surface area contributed by atoms with Gasteiger partial charge in [-0.05, 0) is 77.0 Å². The van der Waals surface area contributed by atoms with Crippen molar-refractivity contribution in [1.82, 2.24) is 0 Å². The molecule has 0 aromatic carbocycles. The van der Waals surface area contributed by atoms with Crippen LogP contribution in [-0.4, -0.2) is 37.2 Å². The zero-order valence-electron chi connectivity index (χ0n) is 45.4. The second-order valence-corrected chi connectivity index (χ2v) is 19.9. The van der Waals surface area contributed by atoms with E-state index >= 15 is 0 Å². The van der Waals surface area contributed by atoms with E-state index in [1.54, 1.807) is 0 Å². The lowest BCUT2D eigenvalue weighted by molar-refractivity contribution is -0.167. The van der Waals surface area contributed by atoms with Crippen LogP contribution in [-0.2, 0) is 28.6 Å². The maximum Gasteiger partial charge on any atom is 0.306 e. The van der Waals surface area contributed by atoms with Gasteiger partial charge in [-0.2, -0.15) is 0 Å². The highest BCUT2D eigenvalue weighted by atomic mass is 16.6. The molecule has 0 heterocycles. The molecule has 396 valence electrons. The largest absolute Gasteiger partial charge is 0.462 e. The Morgan fingerprint density at radius 1 is 0.309 bits per heavy atom. The molecule has 0 spiro atoms. The molecule has 0 amide bonds. The van der Waals surface area contributed by atoms with Crippen molar-refractivity contribution < 1.29 is 28.6 Å². The molecule has 6 nitrogen and oxygen atoms in total. The van der Waals surface area contributed by atoms with Crippen LogP contribution in [0.4, 0.5) is 0 Å². The second-order valence-electron chi connectivity index (χ2n) is 19.9. The molecule has 0 saturated heterocycles. The lowest BCUT2D eigenvalue weighted by Crippen LogP contribution is -2.30. The number of rotatable bonds is 54. The fourth-order valence-electron chi connectivity index (χ4n) is 8.63. The van der Waals surface area contributed by atoms with Crippen molar-refractivity contribution in [1.29, 1.82) is 0 Å². The third kappa shape index (κ3) is 54.3. The molecule has 6 heteroatoms. The molecule has 0 bridgehead atoms. The zero-order valence-corrected chi connectivity index (χ0v) is 45.4. The Morgan fingerprint density at radius 2 is 0.574 bits per heavy atom. The normalized spacial score (nSPS) is 12.3. The average molecular weight is 954 g/mol. The highest BCUT2D eigenvalue weighted by Crippen LogP contribution is 2.16. The molecule has 0 fully saturated rings. The van der Waals surface area contributed by atoms with Gasteiger partial charge in [0.05, 0.1) is 0 Å². The Bertz CT molecular complexity index is 1190. The molecule has 0 saturated carbocycles. The summed E-state index contributed by atoms with van der Waals surface area (Å²) in [7, 11) is 0. The summed E-state index contributed by atoms with van der Waals surface area (Å²) in [6.07, 6.45) is 69.8. The third-order valence-electron chi connectivity index (χ3n) is 13.1. The van der Waals surface area contributed by atoms with Gasteiger partial charge in [-0.25, -0.2) is 0 Å². The molecule has 1 atom stereocenters. The van der Waals surface area contributed by atoms with Crippen LogP contribution in [0.25, 0.3) is 0 Å². The van der Waals surface area contributed by atoms with E-state index in [9.17, 15) is 14.4 Å². The van der Waals surface area contributed by atoms with Gasteiger partial charge in [-0.15, -0.1) is 0 Å². The Hall–Kier alpha value is -2.63. The topological polar surface area (TPSA) is 78.9 Å². The van der Waals surface area contributed by atoms with E-state index in [0.717, 1.165) is 83.5 Å². The number of unbranched alkanes of at least 4 members (excludes halogenated alkanes) is 35. The Balaban J connectivity index is 4.22. The van der Waals surface area contributed by atoms with Gasteiger partial charge in [0, 0.05) is 19.3 Å². The summed E-state index contributed by atoms with van der Waals surface area (Å²) in [5.74, 6) is -0.898. The highest BCUT2D eigenvalue weighted by Gasteiger charge is 2.19. The van der Waals surface area contributed by atoms with Crippen LogP contribution >= 0.6 is 0 Å². The van der Waals surface area contributed by atoms with Gasteiger partial charge in [0.25, 0.3) is 0 Å².